The van der Waals surface area contributed by atoms with Gasteiger partial charge in [0.2, 0.25) is 0 Å². The van der Waals surface area contributed by atoms with Crippen LogP contribution in [0.5, 0.6) is 0 Å². The van der Waals surface area contributed by atoms with Crippen LogP contribution in [0.15, 0.2) is 102 Å². The third kappa shape index (κ3) is 3.86. The lowest BCUT2D eigenvalue weighted by atomic mass is 10.1. The summed E-state index contributed by atoms with van der Waals surface area (Å²) in [5.41, 5.74) is 4.88. The lowest BCUT2D eigenvalue weighted by Crippen LogP contribution is -2.08. The Morgan fingerprint density at radius 1 is 0.781 bits per heavy atom. The minimum Gasteiger partial charge on any atom is -0.196 e. The van der Waals surface area contributed by atoms with Crippen molar-refractivity contribution in [1.82, 2.24) is 24.7 Å². The number of hydrogen-bond acceptors (Lipinski definition) is 4. The molecule has 0 bridgehead atoms. The van der Waals surface area contributed by atoms with Crippen molar-refractivity contribution in [2.24, 2.45) is 5.10 Å². The van der Waals surface area contributed by atoms with Gasteiger partial charge in [0.1, 0.15) is 0 Å². The van der Waals surface area contributed by atoms with Gasteiger partial charge in [-0.25, -0.2) is 0 Å². The van der Waals surface area contributed by atoms with E-state index in [0.29, 0.717) is 12.4 Å². The predicted molar refractivity (Wildman–Crippen MR) is 127 cm³/mol. The van der Waals surface area contributed by atoms with E-state index in [4.69, 9.17) is 10.2 Å². The smallest absolute Gasteiger partial charge is 0.196 e. The Labute approximate surface area is 186 Å². The molecule has 0 N–H and O–H groups in total. The van der Waals surface area contributed by atoms with Crippen molar-refractivity contribution in [2.45, 2.75) is 13.3 Å². The molecule has 2 aromatic heterocycles. The quantitative estimate of drug-likeness (QED) is 0.354. The van der Waals surface area contributed by atoms with Gasteiger partial charge in [0.25, 0.3) is 5.95 Å². The first kappa shape index (κ1) is 19.6. The van der Waals surface area contributed by atoms with Crippen LogP contribution in [0.25, 0.3) is 28.5 Å². The van der Waals surface area contributed by atoms with E-state index < -0.39 is 0 Å². The largest absolute Gasteiger partial charge is 0.273 e. The fraction of sp³-hybridized carbons (Fsp3) is 0.0769. The monoisotopic (exact) mass is 418 g/mol. The zero-order chi connectivity index (χ0) is 21.8. The Morgan fingerprint density at radius 2 is 1.41 bits per heavy atom. The molecule has 2 heterocycles. The van der Waals surface area contributed by atoms with E-state index in [2.05, 4.69) is 40.5 Å². The number of aryl methyl sites for hydroxylation is 1. The molecule has 0 atom stereocenters. The molecule has 0 aliphatic heterocycles. The summed E-state index contributed by atoms with van der Waals surface area (Å²) in [6.07, 6.45) is 2.52. The molecule has 0 spiro atoms. The standard InChI is InChI=1S/C26H22N6/c1-2-25-28-29-26(32(25)27-19-20-12-6-3-7-13-20)31-24(22-16-10-5-11-17-22)18-23(30-31)21-14-8-4-9-15-21/h3-19H,2H2,1H3/b27-19-. The molecule has 0 aliphatic rings. The van der Waals surface area contributed by atoms with Gasteiger partial charge in [-0.15, -0.1) is 10.2 Å². The van der Waals surface area contributed by atoms with E-state index in [-0.39, 0.29) is 0 Å². The van der Waals surface area contributed by atoms with Crippen molar-refractivity contribution in [3.05, 3.63) is 108 Å². The van der Waals surface area contributed by atoms with E-state index >= 15 is 0 Å². The number of aromatic nitrogens is 5. The molecule has 3 aromatic carbocycles. The third-order valence-corrected chi connectivity index (χ3v) is 5.16. The zero-order valence-corrected chi connectivity index (χ0v) is 17.7. The molecular formula is C26H22N6. The van der Waals surface area contributed by atoms with E-state index in [1.165, 1.54) is 0 Å². The minimum atomic E-state index is 0.551. The third-order valence-electron chi connectivity index (χ3n) is 5.16. The Balaban J connectivity index is 1.67. The predicted octanol–water partition coefficient (Wildman–Crippen LogP) is 5.24. The first-order valence-corrected chi connectivity index (χ1v) is 10.6. The highest BCUT2D eigenvalue weighted by molar-refractivity contribution is 5.79. The molecule has 5 rings (SSSR count). The van der Waals surface area contributed by atoms with Crippen LogP contribution < -0.4 is 0 Å². The highest BCUT2D eigenvalue weighted by Gasteiger charge is 2.19. The van der Waals surface area contributed by atoms with Gasteiger partial charge in [-0.1, -0.05) is 97.9 Å². The lowest BCUT2D eigenvalue weighted by Gasteiger charge is -2.07. The van der Waals surface area contributed by atoms with Gasteiger partial charge in [0.05, 0.1) is 17.6 Å². The van der Waals surface area contributed by atoms with Crippen LogP contribution in [-0.2, 0) is 6.42 Å². The van der Waals surface area contributed by atoms with Gasteiger partial charge >= 0.3 is 0 Å². The van der Waals surface area contributed by atoms with Crippen molar-refractivity contribution in [3.8, 4) is 28.5 Å². The molecule has 32 heavy (non-hydrogen) atoms. The van der Waals surface area contributed by atoms with Crippen LogP contribution in [-0.4, -0.2) is 30.9 Å². The first-order chi connectivity index (χ1) is 15.8. The topological polar surface area (TPSA) is 60.9 Å². The van der Waals surface area contributed by atoms with Crippen molar-refractivity contribution < 1.29 is 0 Å². The second-order valence-electron chi connectivity index (χ2n) is 7.30. The van der Waals surface area contributed by atoms with Gasteiger partial charge in [0.15, 0.2) is 5.82 Å². The van der Waals surface area contributed by atoms with Crippen LogP contribution in [0.1, 0.15) is 18.3 Å². The zero-order valence-electron chi connectivity index (χ0n) is 17.7. The minimum absolute atomic E-state index is 0.551. The Bertz CT molecular complexity index is 1340. The molecule has 0 aliphatic carbocycles. The summed E-state index contributed by atoms with van der Waals surface area (Å²) in [4.78, 5) is 0. The highest BCUT2D eigenvalue weighted by Crippen LogP contribution is 2.28. The molecule has 6 nitrogen and oxygen atoms in total. The van der Waals surface area contributed by atoms with Gasteiger partial charge in [0, 0.05) is 17.5 Å². The average molecular weight is 419 g/mol. The molecular weight excluding hydrogens is 396 g/mol. The number of hydrogen-bond donors (Lipinski definition) is 0. The first-order valence-electron chi connectivity index (χ1n) is 10.6. The summed E-state index contributed by atoms with van der Waals surface area (Å²) in [6.45, 7) is 2.04. The fourth-order valence-electron chi connectivity index (χ4n) is 3.54. The maximum Gasteiger partial charge on any atom is 0.273 e. The Morgan fingerprint density at radius 3 is 2.06 bits per heavy atom. The van der Waals surface area contributed by atoms with Crippen molar-refractivity contribution in [1.29, 1.82) is 0 Å². The average Bonchev–Trinajstić information content (AvgIpc) is 3.48. The number of rotatable bonds is 6. The number of nitrogens with zero attached hydrogens (tertiary/aromatic N) is 6. The van der Waals surface area contributed by atoms with Gasteiger partial charge < -0.3 is 0 Å². The molecule has 0 saturated heterocycles. The van der Waals surface area contributed by atoms with Crippen molar-refractivity contribution in [3.63, 3.8) is 0 Å². The highest BCUT2D eigenvalue weighted by atomic mass is 15.5. The summed E-state index contributed by atoms with van der Waals surface area (Å²) in [7, 11) is 0. The second-order valence-corrected chi connectivity index (χ2v) is 7.30. The van der Waals surface area contributed by atoms with Gasteiger partial charge in [-0.05, 0) is 11.6 Å². The SMILES string of the molecule is CCc1nnc(-n2nc(-c3ccccc3)cc2-c2ccccc2)n1/N=C\c1ccccc1. The molecule has 5 aromatic rings. The van der Waals surface area contributed by atoms with E-state index in [9.17, 15) is 0 Å². The maximum atomic E-state index is 4.91. The molecule has 0 radical (unpaired) electrons. The molecule has 156 valence electrons. The normalized spacial score (nSPS) is 11.3. The van der Waals surface area contributed by atoms with E-state index in [0.717, 1.165) is 33.9 Å². The molecule has 0 unspecified atom stereocenters. The fourth-order valence-corrected chi connectivity index (χ4v) is 3.54. The summed E-state index contributed by atoms with van der Waals surface area (Å²) >= 11 is 0. The number of benzene rings is 3. The summed E-state index contributed by atoms with van der Waals surface area (Å²) in [6, 6.07) is 32.4. The van der Waals surface area contributed by atoms with Crippen LogP contribution in [0, 0.1) is 0 Å². The maximum absolute atomic E-state index is 4.91. The van der Waals surface area contributed by atoms with Crippen LogP contribution in [0.2, 0.25) is 0 Å². The van der Waals surface area contributed by atoms with Crippen molar-refractivity contribution >= 4 is 6.21 Å². The molecule has 0 fully saturated rings. The van der Waals surface area contributed by atoms with Crippen molar-refractivity contribution in [2.75, 3.05) is 0 Å². The van der Waals surface area contributed by atoms with Gasteiger partial charge in [-0.2, -0.15) is 19.6 Å². The van der Waals surface area contributed by atoms with Crippen LogP contribution in [0.3, 0.4) is 0 Å². The molecule has 0 amide bonds. The summed E-state index contributed by atoms with van der Waals surface area (Å²) in [5.74, 6) is 1.32. The second kappa shape index (κ2) is 8.81. The summed E-state index contributed by atoms with van der Waals surface area (Å²) in [5, 5.41) is 18.5. The Kier molecular flexibility index (Phi) is 5.41. The molecule has 6 heteroatoms. The van der Waals surface area contributed by atoms with Crippen LogP contribution in [0.4, 0.5) is 0 Å². The lowest BCUT2D eigenvalue weighted by molar-refractivity contribution is 0.719. The summed E-state index contributed by atoms with van der Waals surface area (Å²) < 4.78 is 3.59. The van der Waals surface area contributed by atoms with Crippen LogP contribution >= 0.6 is 0 Å². The molecule has 0 saturated carbocycles. The Hall–Kier alpha value is -4.32. The van der Waals surface area contributed by atoms with E-state index in [1.807, 2.05) is 84.6 Å². The van der Waals surface area contributed by atoms with Gasteiger partial charge in [-0.3, -0.25) is 0 Å². The van der Waals surface area contributed by atoms with E-state index in [1.54, 1.807) is 4.68 Å².